The third-order valence-corrected chi connectivity index (χ3v) is 5.87. The smallest absolute Gasteiger partial charge is 0.255 e. The molecule has 4 N–H and O–H groups in total. The molecular weight excluding hydrogens is 394 g/mol. The number of ether oxygens (including phenoxy) is 1. The van der Waals surface area contributed by atoms with Crippen LogP contribution in [0.5, 0.6) is 5.75 Å². The number of nitrogens with one attached hydrogen (secondary N) is 2. The van der Waals surface area contributed by atoms with Crippen LogP contribution in [0.25, 0.3) is 0 Å². The standard InChI is InChI=1S/C24H33N3O4/c1-31-22-15-18(8-10-23(28)26-30)7-9-21(22)24(29)25-16-19-11-13-27(14-12-19)17-20-5-3-2-4-6-20/h2-7,9,15,19,23,26,28,30H,8,10-14,16-17H2,1H3,(H,25,29). The summed E-state index contributed by atoms with van der Waals surface area (Å²) in [6.07, 6.45) is 2.07. The molecule has 1 unspecified atom stereocenters. The van der Waals surface area contributed by atoms with Gasteiger partial charge in [0.25, 0.3) is 5.91 Å². The SMILES string of the molecule is COc1cc(CCC(O)NO)ccc1C(=O)NCC1CCN(Cc2ccccc2)CC1. The van der Waals surface area contributed by atoms with Gasteiger partial charge in [0.2, 0.25) is 0 Å². The summed E-state index contributed by atoms with van der Waals surface area (Å²) in [6.45, 7) is 3.73. The minimum Gasteiger partial charge on any atom is -0.496 e. The number of benzene rings is 2. The Hall–Kier alpha value is -2.45. The minimum atomic E-state index is -0.979. The summed E-state index contributed by atoms with van der Waals surface area (Å²) in [5.41, 5.74) is 4.59. The molecule has 0 radical (unpaired) electrons. The lowest BCUT2D eigenvalue weighted by atomic mass is 9.96. The van der Waals surface area contributed by atoms with E-state index in [1.165, 1.54) is 5.56 Å². The number of aliphatic hydroxyl groups is 1. The number of piperidine rings is 1. The van der Waals surface area contributed by atoms with Crippen molar-refractivity contribution in [2.75, 3.05) is 26.7 Å². The molecule has 1 saturated heterocycles. The van der Waals surface area contributed by atoms with Crippen molar-refractivity contribution in [2.24, 2.45) is 5.92 Å². The van der Waals surface area contributed by atoms with Gasteiger partial charge in [0, 0.05) is 13.1 Å². The molecule has 0 aliphatic carbocycles. The van der Waals surface area contributed by atoms with Gasteiger partial charge in [-0.3, -0.25) is 9.69 Å². The first-order valence-corrected chi connectivity index (χ1v) is 10.9. The van der Waals surface area contributed by atoms with Gasteiger partial charge in [-0.1, -0.05) is 36.4 Å². The normalized spacial score (nSPS) is 16.1. The summed E-state index contributed by atoms with van der Waals surface area (Å²) in [4.78, 5) is 15.2. The van der Waals surface area contributed by atoms with Crippen molar-refractivity contribution in [3.05, 3.63) is 65.2 Å². The quantitative estimate of drug-likeness (QED) is 0.344. The Morgan fingerprint density at radius 2 is 1.90 bits per heavy atom. The minimum absolute atomic E-state index is 0.132. The van der Waals surface area contributed by atoms with Gasteiger partial charge in [-0.25, -0.2) is 0 Å². The zero-order valence-corrected chi connectivity index (χ0v) is 18.1. The topological polar surface area (TPSA) is 94.1 Å². The molecular formula is C24H33N3O4. The first-order valence-electron chi connectivity index (χ1n) is 10.9. The molecule has 1 fully saturated rings. The average Bonchev–Trinajstić information content (AvgIpc) is 2.82. The molecule has 0 spiro atoms. The lowest BCUT2D eigenvalue weighted by Gasteiger charge is -2.32. The largest absolute Gasteiger partial charge is 0.496 e. The van der Waals surface area contributed by atoms with Crippen LogP contribution >= 0.6 is 0 Å². The van der Waals surface area contributed by atoms with E-state index in [2.05, 4.69) is 34.5 Å². The van der Waals surface area contributed by atoms with Gasteiger partial charge in [0.15, 0.2) is 0 Å². The Morgan fingerprint density at radius 1 is 1.16 bits per heavy atom. The summed E-state index contributed by atoms with van der Waals surface area (Å²) in [7, 11) is 1.54. The number of carbonyl (C=O) groups excluding carboxylic acids is 1. The van der Waals surface area contributed by atoms with Gasteiger partial charge in [0.1, 0.15) is 12.0 Å². The predicted octanol–water partition coefficient (Wildman–Crippen LogP) is 2.57. The number of nitrogens with zero attached hydrogens (tertiary/aromatic N) is 1. The molecule has 0 saturated carbocycles. The van der Waals surface area contributed by atoms with E-state index in [0.29, 0.717) is 36.6 Å². The second-order valence-electron chi connectivity index (χ2n) is 8.13. The number of hydrogen-bond donors (Lipinski definition) is 4. The van der Waals surface area contributed by atoms with E-state index in [0.717, 1.165) is 38.0 Å². The van der Waals surface area contributed by atoms with Crippen molar-refractivity contribution < 1.29 is 19.8 Å². The molecule has 31 heavy (non-hydrogen) atoms. The fourth-order valence-electron chi connectivity index (χ4n) is 3.97. The zero-order valence-electron chi connectivity index (χ0n) is 18.1. The highest BCUT2D eigenvalue weighted by atomic mass is 16.5. The van der Waals surface area contributed by atoms with E-state index in [4.69, 9.17) is 9.94 Å². The van der Waals surface area contributed by atoms with Gasteiger partial charge in [-0.2, -0.15) is 5.48 Å². The molecule has 1 amide bonds. The van der Waals surface area contributed by atoms with Gasteiger partial charge < -0.3 is 20.4 Å². The molecule has 2 aromatic rings. The fraction of sp³-hybridized carbons (Fsp3) is 0.458. The maximum absolute atomic E-state index is 12.7. The van der Waals surface area contributed by atoms with Crippen LogP contribution in [0.15, 0.2) is 48.5 Å². The molecule has 3 rings (SSSR count). The van der Waals surface area contributed by atoms with Crippen LogP contribution in [0, 0.1) is 5.92 Å². The number of methoxy groups -OCH3 is 1. The molecule has 2 aromatic carbocycles. The summed E-state index contributed by atoms with van der Waals surface area (Å²) < 4.78 is 5.41. The van der Waals surface area contributed by atoms with Crippen molar-refractivity contribution in [3.63, 3.8) is 0 Å². The van der Waals surface area contributed by atoms with Crippen LogP contribution in [-0.4, -0.2) is 54.1 Å². The van der Waals surface area contributed by atoms with Crippen LogP contribution in [0.1, 0.15) is 40.7 Å². The monoisotopic (exact) mass is 427 g/mol. The van der Waals surface area contributed by atoms with Gasteiger partial charge in [0.05, 0.1) is 12.7 Å². The van der Waals surface area contributed by atoms with Crippen LogP contribution in [-0.2, 0) is 13.0 Å². The Balaban J connectivity index is 1.46. The summed E-state index contributed by atoms with van der Waals surface area (Å²) in [6, 6.07) is 15.9. The summed E-state index contributed by atoms with van der Waals surface area (Å²) in [5, 5.41) is 21.2. The maximum Gasteiger partial charge on any atom is 0.255 e. The average molecular weight is 428 g/mol. The molecule has 0 aromatic heterocycles. The molecule has 7 heteroatoms. The number of amides is 1. The van der Waals surface area contributed by atoms with E-state index < -0.39 is 6.23 Å². The van der Waals surface area contributed by atoms with Gasteiger partial charge in [-0.05, 0) is 68.0 Å². The summed E-state index contributed by atoms with van der Waals surface area (Å²) in [5.74, 6) is 0.861. The first kappa shape index (κ1) is 23.2. The highest BCUT2D eigenvalue weighted by molar-refractivity contribution is 5.97. The second-order valence-corrected chi connectivity index (χ2v) is 8.13. The van der Waals surface area contributed by atoms with E-state index in [1.807, 2.05) is 17.6 Å². The maximum atomic E-state index is 12.7. The molecule has 1 aliphatic heterocycles. The first-order chi connectivity index (χ1) is 15.1. The number of rotatable bonds is 10. The second kappa shape index (κ2) is 11.8. The third kappa shape index (κ3) is 7.04. The molecule has 1 atom stereocenters. The molecule has 0 bridgehead atoms. The Morgan fingerprint density at radius 3 is 2.58 bits per heavy atom. The van der Waals surface area contributed by atoms with E-state index >= 15 is 0 Å². The number of aryl methyl sites for hydroxylation is 1. The third-order valence-electron chi connectivity index (χ3n) is 5.87. The van der Waals surface area contributed by atoms with E-state index in [9.17, 15) is 9.90 Å². The summed E-state index contributed by atoms with van der Waals surface area (Å²) >= 11 is 0. The zero-order chi connectivity index (χ0) is 22.1. The lowest BCUT2D eigenvalue weighted by Crippen LogP contribution is -2.38. The predicted molar refractivity (Wildman–Crippen MR) is 119 cm³/mol. The molecule has 1 aliphatic rings. The Labute approximate surface area is 184 Å². The van der Waals surface area contributed by atoms with Crippen LogP contribution < -0.4 is 15.5 Å². The highest BCUT2D eigenvalue weighted by Crippen LogP contribution is 2.22. The van der Waals surface area contributed by atoms with Crippen molar-refractivity contribution in [1.82, 2.24) is 15.7 Å². The van der Waals surface area contributed by atoms with Crippen molar-refractivity contribution >= 4 is 5.91 Å². The molecule has 7 nitrogen and oxygen atoms in total. The van der Waals surface area contributed by atoms with Gasteiger partial charge >= 0.3 is 0 Å². The van der Waals surface area contributed by atoms with Crippen LogP contribution in [0.3, 0.4) is 0 Å². The van der Waals surface area contributed by atoms with E-state index in [-0.39, 0.29) is 5.91 Å². The highest BCUT2D eigenvalue weighted by Gasteiger charge is 2.21. The van der Waals surface area contributed by atoms with Crippen molar-refractivity contribution in [2.45, 2.75) is 38.5 Å². The number of hydroxylamine groups is 1. The Kier molecular flexibility index (Phi) is 8.85. The molecule has 1 heterocycles. The van der Waals surface area contributed by atoms with Crippen LogP contribution in [0.4, 0.5) is 0 Å². The number of hydrogen-bond acceptors (Lipinski definition) is 6. The Bertz CT molecular complexity index is 823. The number of likely N-dealkylation sites (tertiary alicyclic amines) is 1. The number of carbonyl (C=O) groups is 1. The van der Waals surface area contributed by atoms with Gasteiger partial charge in [-0.15, -0.1) is 0 Å². The van der Waals surface area contributed by atoms with E-state index in [1.54, 1.807) is 19.2 Å². The number of aliphatic hydroxyl groups excluding tert-OH is 1. The van der Waals surface area contributed by atoms with Crippen molar-refractivity contribution in [3.8, 4) is 5.75 Å². The lowest BCUT2D eigenvalue weighted by molar-refractivity contribution is -0.00231. The fourth-order valence-corrected chi connectivity index (χ4v) is 3.97. The molecule has 168 valence electrons. The van der Waals surface area contributed by atoms with Crippen molar-refractivity contribution in [1.29, 1.82) is 0 Å². The van der Waals surface area contributed by atoms with Crippen LogP contribution in [0.2, 0.25) is 0 Å².